The van der Waals surface area contributed by atoms with Crippen molar-refractivity contribution in [2.24, 2.45) is 0 Å². The fourth-order valence-corrected chi connectivity index (χ4v) is 14.7. The Morgan fingerprint density at radius 1 is 0.286 bits per heavy atom. The molecule has 0 aliphatic rings. The number of aromatic amines is 1. The van der Waals surface area contributed by atoms with E-state index >= 15 is 0 Å². The molecule has 0 saturated carbocycles. The number of H-pyrrole nitrogens is 1. The summed E-state index contributed by atoms with van der Waals surface area (Å²) >= 11 is -11.9. The van der Waals surface area contributed by atoms with Crippen LogP contribution >= 0.6 is 0 Å². The van der Waals surface area contributed by atoms with Gasteiger partial charge in [0.2, 0.25) is 8.32 Å². The number of benzene rings is 7. The lowest BCUT2D eigenvalue weighted by Gasteiger charge is -2.20. The molecule has 1 heterocycles. The monoisotopic (exact) mass is 1290 g/mol. The van der Waals surface area contributed by atoms with Gasteiger partial charge in [-0.25, -0.2) is 137 Å². The average molecular weight is 1290 g/mol. The Bertz CT molecular complexity index is 3240. The number of rotatable bonds is 9. The Morgan fingerprint density at radius 3 is 0.619 bits per heavy atom. The molecule has 3 nitrogen and oxygen atoms in total. The summed E-state index contributed by atoms with van der Waals surface area (Å²) < 4.78 is 409. The minimum absolute atomic E-state index is 0.888. The summed E-state index contributed by atoms with van der Waals surface area (Å²) in [6.07, 6.45) is 3.57. The number of hydrogen-bond donors (Lipinski definition) is 1. The van der Waals surface area contributed by atoms with Crippen LogP contribution in [0.5, 0.6) is 5.75 Å². The second-order valence-corrected chi connectivity index (χ2v) is 27.1. The second kappa shape index (κ2) is 24.7. The average Bonchev–Trinajstić information content (AvgIpc) is 0.938. The van der Waals surface area contributed by atoms with Crippen molar-refractivity contribution in [3.8, 4) is 17.1 Å². The van der Waals surface area contributed by atoms with Crippen molar-refractivity contribution >= 4 is 63.2 Å². The van der Waals surface area contributed by atoms with Crippen molar-refractivity contribution in [3.05, 3.63) is 211 Å². The van der Waals surface area contributed by atoms with Gasteiger partial charge < -0.3 is 9.41 Å². The predicted molar refractivity (Wildman–Crippen MR) is 235 cm³/mol. The third kappa shape index (κ3) is 11.7. The lowest BCUT2D eigenvalue weighted by atomic mass is 10.2. The van der Waals surface area contributed by atoms with Gasteiger partial charge in [0.1, 0.15) is 11.6 Å². The first-order valence-corrected chi connectivity index (χ1v) is 28.6. The van der Waals surface area contributed by atoms with E-state index in [1.54, 1.807) is 6.20 Å². The summed E-state index contributed by atoms with van der Waals surface area (Å²) in [5.74, 6) is -87.3. The van der Waals surface area contributed by atoms with Gasteiger partial charge in [0.05, 0.1) is 0 Å². The highest BCUT2D eigenvalue weighted by Crippen LogP contribution is 2.28. The molecule has 444 valence electrons. The second-order valence-electron chi connectivity index (χ2n) is 17.4. The van der Waals surface area contributed by atoms with Gasteiger partial charge in [-0.2, -0.15) is 0 Å². The molecule has 0 spiro atoms. The highest BCUT2D eigenvalue weighted by atomic mass is 28.4. The first-order valence-electron chi connectivity index (χ1n) is 21.7. The molecule has 0 radical (unpaired) electrons. The van der Waals surface area contributed by atoms with Crippen molar-refractivity contribution < 1.29 is 136 Å². The van der Waals surface area contributed by atoms with Crippen LogP contribution in [0.4, 0.5) is 132 Å². The molecule has 0 unspecified atom stereocenters. The molecule has 7 aromatic carbocycles. The number of aromatic nitrogens is 2. The van der Waals surface area contributed by atoms with Crippen molar-refractivity contribution in [1.82, 2.24) is 9.97 Å². The molecule has 1 aromatic heterocycles. The fourth-order valence-electron chi connectivity index (χ4n) is 7.58. The SMILES string of the molecule is C[Si](C)(C)Oc1ccc(-c2ncc[nH]2)cc1.Fc1c(F)c(F)[c]([Al]([c]2c(F)c(F)c(F)c(F)c2F)[c]2c(F)c(F)c(F)c(F)c2F)c(F)c1F.Fc1c(F)c(F)[c]([Al]([c]2c(F)c(F)c(F)c(F)c2F)[c]2c(F)c(F)c(F)c(F)c2F)c(F)c1F. The van der Waals surface area contributed by atoms with E-state index in [0.717, 1.165) is 17.1 Å². The molecule has 0 aliphatic carbocycles. The highest BCUT2D eigenvalue weighted by molar-refractivity contribution is 6.96. The molecule has 8 aromatic rings. The zero-order valence-corrected chi connectivity index (χ0v) is 43.6. The molecule has 1 N–H and O–H groups in total. The molecule has 0 atom stereocenters. The van der Waals surface area contributed by atoms with E-state index in [4.69, 9.17) is 4.43 Å². The molecule has 0 bridgehead atoms. The van der Waals surface area contributed by atoms with E-state index in [1.807, 2.05) is 30.5 Å². The van der Waals surface area contributed by atoms with Crippen LogP contribution in [0, 0.1) is 175 Å². The molecule has 0 fully saturated rings. The predicted octanol–water partition coefficient (Wildman–Crippen LogP) is 11.9. The van der Waals surface area contributed by atoms with E-state index in [2.05, 4.69) is 29.6 Å². The van der Waals surface area contributed by atoms with Gasteiger partial charge in [-0.1, -0.05) is 0 Å². The molecule has 0 aliphatic heterocycles. The Labute approximate surface area is 455 Å². The Balaban J connectivity index is 0.000000215. The van der Waals surface area contributed by atoms with E-state index in [0.29, 0.717) is 0 Å². The van der Waals surface area contributed by atoms with Crippen LogP contribution in [0.2, 0.25) is 19.6 Å². The van der Waals surface area contributed by atoms with Gasteiger partial charge in [0.15, 0.2) is 175 Å². The summed E-state index contributed by atoms with van der Waals surface area (Å²) in [5, 5.41) is 0. The lowest BCUT2D eigenvalue weighted by molar-refractivity contribution is 0.380. The fraction of sp³-hybridized carbons (Fsp3) is 0.0625. The summed E-state index contributed by atoms with van der Waals surface area (Å²) in [6, 6.07) is 8.04. The topological polar surface area (TPSA) is 37.9 Å². The van der Waals surface area contributed by atoms with Gasteiger partial charge in [0.25, 0.3) is 0 Å². The Morgan fingerprint density at radius 2 is 0.464 bits per heavy atom. The van der Waals surface area contributed by atoms with Crippen LogP contribution in [-0.4, -0.2) is 46.6 Å². The maximum absolute atomic E-state index is 14.4. The summed E-state index contributed by atoms with van der Waals surface area (Å²) in [6.45, 7) is 6.52. The van der Waals surface area contributed by atoms with Crippen molar-refractivity contribution in [3.63, 3.8) is 0 Å². The molecule has 8 rings (SSSR count). The number of halogens is 30. The van der Waals surface area contributed by atoms with Crippen molar-refractivity contribution in [2.45, 2.75) is 19.6 Å². The minimum atomic E-state index is -5.96. The minimum Gasteiger partial charge on any atom is -0.544 e. The highest BCUT2D eigenvalue weighted by Gasteiger charge is 2.49. The van der Waals surface area contributed by atoms with E-state index in [9.17, 15) is 132 Å². The van der Waals surface area contributed by atoms with Crippen molar-refractivity contribution in [2.75, 3.05) is 0 Å². The Kier molecular flexibility index (Phi) is 19.4. The van der Waals surface area contributed by atoms with Gasteiger partial charge in [-0.15, -0.1) is 0 Å². The van der Waals surface area contributed by atoms with Gasteiger partial charge in [-0.05, 0) is 70.5 Å². The van der Waals surface area contributed by atoms with Gasteiger partial charge in [0, 0.05) is 18.0 Å². The van der Waals surface area contributed by atoms with Crippen LogP contribution < -0.4 is 31.0 Å². The zero-order valence-electron chi connectivity index (χ0n) is 40.3. The van der Waals surface area contributed by atoms with Crippen LogP contribution in [0.15, 0.2) is 36.7 Å². The standard InChI is InChI=1S/C12H16N2OSi.6C6F5.2Al/c1-16(2,3)15-11-6-4-10(5-7-11)12-13-8-9-14-12;6*7-2-1-3(8)5(10)6(11)4(2)9;;/h4-9H,1-3H3,(H,13,14);;;;;;;;. The third-order valence-corrected chi connectivity index (χ3v) is 18.6. The van der Waals surface area contributed by atoms with Gasteiger partial charge >= 0.3 is 28.3 Å². The normalized spacial score (nSPS) is 11.4. The maximum Gasteiger partial charge on any atom is 0.413 e. The zero-order chi connectivity index (χ0) is 63.5. The van der Waals surface area contributed by atoms with Gasteiger partial charge in [-0.3, -0.25) is 0 Å². The molecular weight excluding hydrogens is 1270 g/mol. The van der Waals surface area contributed by atoms with E-state index in [-0.39, 0.29) is 0 Å². The first-order chi connectivity index (χ1) is 38.9. The summed E-state index contributed by atoms with van der Waals surface area (Å²) in [5.41, 5.74) is 1.08. The van der Waals surface area contributed by atoms with Crippen LogP contribution in [0.1, 0.15) is 0 Å². The maximum atomic E-state index is 14.4. The Hall–Kier alpha value is -7.27. The molecule has 36 heteroatoms. The van der Waals surface area contributed by atoms with Crippen LogP contribution in [0.25, 0.3) is 11.4 Å². The first kappa shape index (κ1) is 65.9. The molecule has 84 heavy (non-hydrogen) atoms. The lowest BCUT2D eigenvalue weighted by Crippen LogP contribution is -2.60. The van der Waals surface area contributed by atoms with Crippen molar-refractivity contribution in [1.29, 1.82) is 0 Å². The number of nitrogens with zero attached hydrogens (tertiary/aromatic N) is 1. The van der Waals surface area contributed by atoms with Crippen LogP contribution in [0.3, 0.4) is 0 Å². The number of imidazole rings is 1. The largest absolute Gasteiger partial charge is 0.544 e. The molecular formula is C48H16Al2F30N2OSi. The number of nitrogens with one attached hydrogen (secondary N) is 1. The van der Waals surface area contributed by atoms with E-state index < -0.39 is 238 Å². The van der Waals surface area contributed by atoms with Crippen LogP contribution in [-0.2, 0) is 0 Å². The summed E-state index contributed by atoms with van der Waals surface area (Å²) in [7, 11) is -1.51. The summed E-state index contributed by atoms with van der Waals surface area (Å²) in [4.78, 5) is 7.28. The van der Waals surface area contributed by atoms with E-state index in [1.165, 1.54) is 0 Å². The quantitative estimate of drug-likeness (QED) is 0.0677. The third-order valence-electron chi connectivity index (χ3n) is 11.2. The molecule has 0 saturated heterocycles. The smallest absolute Gasteiger partial charge is 0.413 e. The number of hydrogen-bond acceptors (Lipinski definition) is 2. The molecule has 0 amide bonds.